The Morgan fingerprint density at radius 1 is 1.47 bits per heavy atom. The number of ether oxygens (including phenoxy) is 1. The Hall–Kier alpha value is -1.49. The number of carbonyl (C=O) groups excluding carboxylic acids is 1. The van der Waals surface area contributed by atoms with Crippen LogP contribution in [0.2, 0.25) is 0 Å². The summed E-state index contributed by atoms with van der Waals surface area (Å²) in [6, 6.07) is 2.11. The van der Waals surface area contributed by atoms with Crippen molar-refractivity contribution < 1.29 is 18.3 Å². The quantitative estimate of drug-likeness (QED) is 0.771. The van der Waals surface area contributed by atoms with Crippen LogP contribution in [-0.2, 0) is 0 Å². The predicted molar refractivity (Wildman–Crippen MR) is 51.2 cm³/mol. The molecule has 0 radical (unpaired) electrons. The molecule has 0 aromatic heterocycles. The molecule has 5 heteroatoms. The van der Waals surface area contributed by atoms with E-state index in [1.807, 2.05) is 0 Å². The van der Waals surface area contributed by atoms with Gasteiger partial charge >= 0.3 is 0 Å². The summed E-state index contributed by atoms with van der Waals surface area (Å²) in [6.45, 7) is -0.00823. The Morgan fingerprint density at radius 3 is 2.67 bits per heavy atom. The van der Waals surface area contributed by atoms with E-state index in [2.05, 4.69) is 10.1 Å². The standard InChI is InChI=1S/C10H11F2NO2/c1-13-5-8(14)6-3-4-7(11)10(15-2)9(6)12/h3-4,13H,5H2,1-2H3. The zero-order valence-corrected chi connectivity index (χ0v) is 8.43. The van der Waals surface area contributed by atoms with Crippen LogP contribution in [0.15, 0.2) is 12.1 Å². The van der Waals surface area contributed by atoms with Gasteiger partial charge in [0.2, 0.25) is 0 Å². The van der Waals surface area contributed by atoms with Gasteiger partial charge in [-0.3, -0.25) is 4.79 Å². The van der Waals surface area contributed by atoms with E-state index in [-0.39, 0.29) is 12.1 Å². The maximum absolute atomic E-state index is 13.5. The third-order valence-corrected chi connectivity index (χ3v) is 1.89. The molecule has 0 saturated carbocycles. The summed E-state index contributed by atoms with van der Waals surface area (Å²) in [4.78, 5) is 11.4. The minimum atomic E-state index is -0.960. The minimum absolute atomic E-state index is 0.00823. The summed E-state index contributed by atoms with van der Waals surface area (Å²) < 4.78 is 31.0. The Morgan fingerprint density at radius 2 is 2.13 bits per heavy atom. The van der Waals surface area contributed by atoms with Crippen LogP contribution in [0.4, 0.5) is 8.78 Å². The number of hydrogen-bond acceptors (Lipinski definition) is 3. The Kier molecular flexibility index (Phi) is 3.74. The van der Waals surface area contributed by atoms with Crippen LogP contribution in [0.25, 0.3) is 0 Å². The highest BCUT2D eigenvalue weighted by molar-refractivity contribution is 5.98. The van der Waals surface area contributed by atoms with Crippen molar-refractivity contribution in [3.8, 4) is 5.75 Å². The lowest BCUT2D eigenvalue weighted by Gasteiger charge is -2.07. The second kappa shape index (κ2) is 4.84. The highest BCUT2D eigenvalue weighted by atomic mass is 19.1. The zero-order chi connectivity index (χ0) is 11.4. The molecule has 0 fully saturated rings. The lowest BCUT2D eigenvalue weighted by molar-refractivity contribution is 0.0989. The fourth-order valence-electron chi connectivity index (χ4n) is 1.19. The van der Waals surface area contributed by atoms with Crippen molar-refractivity contribution >= 4 is 5.78 Å². The van der Waals surface area contributed by atoms with E-state index in [9.17, 15) is 13.6 Å². The lowest BCUT2D eigenvalue weighted by atomic mass is 10.1. The Balaban J connectivity index is 3.15. The van der Waals surface area contributed by atoms with E-state index >= 15 is 0 Å². The van der Waals surface area contributed by atoms with Crippen molar-refractivity contribution in [3.63, 3.8) is 0 Å². The van der Waals surface area contributed by atoms with Gasteiger partial charge in [-0.2, -0.15) is 0 Å². The number of Topliss-reactive ketones (excluding diaryl/α,β-unsaturated/α-hetero) is 1. The topological polar surface area (TPSA) is 38.3 Å². The number of halogens is 2. The van der Waals surface area contributed by atoms with Crippen molar-refractivity contribution in [2.75, 3.05) is 20.7 Å². The molecule has 0 heterocycles. The number of benzene rings is 1. The third kappa shape index (κ3) is 2.30. The molecule has 0 amide bonds. The fourth-order valence-corrected chi connectivity index (χ4v) is 1.19. The second-order valence-electron chi connectivity index (χ2n) is 2.90. The van der Waals surface area contributed by atoms with Crippen LogP contribution in [0, 0.1) is 11.6 Å². The molecule has 1 aromatic rings. The van der Waals surface area contributed by atoms with Gasteiger partial charge in [-0.1, -0.05) is 0 Å². The van der Waals surface area contributed by atoms with Crippen LogP contribution >= 0.6 is 0 Å². The molecular weight excluding hydrogens is 204 g/mol. The normalized spacial score (nSPS) is 10.1. The molecule has 82 valence electrons. The zero-order valence-electron chi connectivity index (χ0n) is 8.43. The smallest absolute Gasteiger partial charge is 0.191 e. The molecule has 0 atom stereocenters. The maximum Gasteiger partial charge on any atom is 0.191 e. The van der Waals surface area contributed by atoms with E-state index in [0.717, 1.165) is 19.2 Å². The lowest BCUT2D eigenvalue weighted by Crippen LogP contribution is -2.20. The first-order valence-electron chi connectivity index (χ1n) is 4.31. The monoisotopic (exact) mass is 215 g/mol. The SMILES string of the molecule is CNCC(=O)c1ccc(F)c(OC)c1F. The van der Waals surface area contributed by atoms with Gasteiger partial charge in [0.25, 0.3) is 0 Å². The minimum Gasteiger partial charge on any atom is -0.491 e. The summed E-state index contributed by atoms with van der Waals surface area (Å²) in [5, 5.41) is 2.59. The second-order valence-corrected chi connectivity index (χ2v) is 2.90. The molecule has 0 aliphatic heterocycles. The van der Waals surface area contributed by atoms with Crippen molar-refractivity contribution in [1.82, 2.24) is 5.32 Å². The molecule has 1 rings (SSSR count). The van der Waals surface area contributed by atoms with Crippen molar-refractivity contribution in [1.29, 1.82) is 0 Å². The van der Waals surface area contributed by atoms with Gasteiger partial charge in [-0.05, 0) is 19.2 Å². The van der Waals surface area contributed by atoms with Crippen LogP contribution in [0.1, 0.15) is 10.4 Å². The molecule has 1 aromatic carbocycles. The van der Waals surface area contributed by atoms with E-state index < -0.39 is 23.2 Å². The Bertz CT molecular complexity index is 380. The van der Waals surface area contributed by atoms with E-state index in [4.69, 9.17) is 0 Å². The number of hydrogen-bond donors (Lipinski definition) is 1. The molecule has 15 heavy (non-hydrogen) atoms. The predicted octanol–water partition coefficient (Wildman–Crippen LogP) is 1.38. The van der Waals surface area contributed by atoms with Gasteiger partial charge in [0, 0.05) is 0 Å². The fraction of sp³-hybridized carbons (Fsp3) is 0.300. The number of ketones is 1. The van der Waals surface area contributed by atoms with Crippen LogP contribution < -0.4 is 10.1 Å². The number of rotatable bonds is 4. The molecule has 1 N–H and O–H groups in total. The average Bonchev–Trinajstić information content (AvgIpc) is 2.18. The molecular formula is C10H11F2NO2. The highest BCUT2D eigenvalue weighted by Gasteiger charge is 2.18. The van der Waals surface area contributed by atoms with Crippen molar-refractivity contribution in [3.05, 3.63) is 29.3 Å². The number of methoxy groups -OCH3 is 1. The van der Waals surface area contributed by atoms with E-state index in [1.165, 1.54) is 0 Å². The molecule has 0 aliphatic carbocycles. The largest absolute Gasteiger partial charge is 0.491 e. The number of nitrogens with one attached hydrogen (secondary N) is 1. The maximum atomic E-state index is 13.5. The number of carbonyl (C=O) groups is 1. The van der Waals surface area contributed by atoms with Gasteiger partial charge in [-0.15, -0.1) is 0 Å². The molecule has 3 nitrogen and oxygen atoms in total. The highest BCUT2D eigenvalue weighted by Crippen LogP contribution is 2.24. The van der Waals surface area contributed by atoms with Crippen LogP contribution in [-0.4, -0.2) is 26.5 Å². The molecule has 0 spiro atoms. The average molecular weight is 215 g/mol. The van der Waals surface area contributed by atoms with Crippen LogP contribution in [0.5, 0.6) is 5.75 Å². The van der Waals surface area contributed by atoms with E-state index in [1.54, 1.807) is 7.05 Å². The molecule has 0 aliphatic rings. The molecule has 0 unspecified atom stereocenters. The summed E-state index contributed by atoms with van der Waals surface area (Å²) in [5.41, 5.74) is -0.178. The van der Waals surface area contributed by atoms with Gasteiger partial charge < -0.3 is 10.1 Å². The van der Waals surface area contributed by atoms with Gasteiger partial charge in [0.15, 0.2) is 23.2 Å². The first-order valence-corrected chi connectivity index (χ1v) is 4.31. The third-order valence-electron chi connectivity index (χ3n) is 1.89. The van der Waals surface area contributed by atoms with E-state index in [0.29, 0.717) is 0 Å². The van der Waals surface area contributed by atoms with Gasteiger partial charge in [-0.25, -0.2) is 8.78 Å². The van der Waals surface area contributed by atoms with Crippen molar-refractivity contribution in [2.24, 2.45) is 0 Å². The van der Waals surface area contributed by atoms with Crippen LogP contribution in [0.3, 0.4) is 0 Å². The van der Waals surface area contributed by atoms with Gasteiger partial charge in [0.05, 0.1) is 19.2 Å². The summed E-state index contributed by atoms with van der Waals surface area (Å²) in [5.74, 6) is -2.76. The first-order chi connectivity index (χ1) is 7.11. The summed E-state index contributed by atoms with van der Waals surface area (Å²) in [7, 11) is 2.71. The summed E-state index contributed by atoms with van der Waals surface area (Å²) in [6.07, 6.45) is 0. The molecule has 0 bridgehead atoms. The van der Waals surface area contributed by atoms with Gasteiger partial charge in [0.1, 0.15) is 0 Å². The molecule has 0 saturated heterocycles. The van der Waals surface area contributed by atoms with Crippen molar-refractivity contribution in [2.45, 2.75) is 0 Å². The number of likely N-dealkylation sites (N-methyl/N-ethyl adjacent to an activating group) is 1. The Labute approximate surface area is 86.0 Å². The first kappa shape index (κ1) is 11.6. The summed E-state index contributed by atoms with van der Waals surface area (Å²) >= 11 is 0.